The number of hydrogen-bond acceptors (Lipinski definition) is 3. The molecule has 3 nitrogen and oxygen atoms in total. The Balaban J connectivity index is 1.72. The van der Waals surface area contributed by atoms with E-state index in [0.29, 0.717) is 6.61 Å². The zero-order valence-electron chi connectivity index (χ0n) is 21.8. The second-order valence-corrected chi connectivity index (χ2v) is 9.47. The van der Waals surface area contributed by atoms with Gasteiger partial charge in [0.2, 0.25) is 0 Å². The molecule has 0 spiro atoms. The molecule has 1 aromatic carbocycles. The van der Waals surface area contributed by atoms with Crippen LogP contribution < -0.4 is 4.74 Å². The summed E-state index contributed by atoms with van der Waals surface area (Å²) in [6.07, 6.45) is 18.2. The predicted molar refractivity (Wildman–Crippen MR) is 141 cm³/mol. The molecule has 4 heteroatoms. The van der Waals surface area contributed by atoms with E-state index in [1.165, 1.54) is 82.3 Å². The van der Waals surface area contributed by atoms with Crippen LogP contribution in [0.4, 0.5) is 4.39 Å². The van der Waals surface area contributed by atoms with Crippen LogP contribution in [0.1, 0.15) is 103 Å². The Morgan fingerprint density at radius 3 is 2.15 bits per heavy atom. The Kier molecular flexibility index (Phi) is 14.6. The normalized spacial score (nSPS) is 12.1. The van der Waals surface area contributed by atoms with E-state index in [9.17, 15) is 4.39 Å². The van der Waals surface area contributed by atoms with E-state index in [2.05, 4.69) is 24.9 Å². The van der Waals surface area contributed by atoms with Crippen molar-refractivity contribution in [2.75, 3.05) is 13.2 Å². The van der Waals surface area contributed by atoms with Crippen molar-refractivity contribution in [1.29, 1.82) is 0 Å². The molecule has 0 bridgehead atoms. The van der Waals surface area contributed by atoms with Gasteiger partial charge in [-0.15, -0.1) is 0 Å². The number of ether oxygens (including phenoxy) is 2. The van der Waals surface area contributed by atoms with Gasteiger partial charge in [0.25, 0.3) is 0 Å². The Morgan fingerprint density at radius 1 is 0.824 bits per heavy atom. The van der Waals surface area contributed by atoms with Gasteiger partial charge in [-0.2, -0.15) is 0 Å². The lowest BCUT2D eigenvalue weighted by molar-refractivity contribution is 0.0293. The monoisotopic (exact) mass is 471 g/mol. The van der Waals surface area contributed by atoms with E-state index in [-0.39, 0.29) is 17.7 Å². The Bertz CT molecular complexity index is 778. The van der Waals surface area contributed by atoms with E-state index in [1.807, 2.05) is 25.3 Å². The third kappa shape index (κ3) is 11.5. The van der Waals surface area contributed by atoms with Crippen LogP contribution in [-0.2, 0) is 11.2 Å². The van der Waals surface area contributed by atoms with Gasteiger partial charge in [-0.1, -0.05) is 84.1 Å². The number of benzene rings is 1. The molecule has 0 N–H and O–H groups in total. The molecule has 2 aromatic rings. The van der Waals surface area contributed by atoms with Crippen molar-refractivity contribution in [3.63, 3.8) is 0 Å². The van der Waals surface area contributed by atoms with Gasteiger partial charge >= 0.3 is 0 Å². The van der Waals surface area contributed by atoms with Crippen molar-refractivity contribution < 1.29 is 13.9 Å². The number of rotatable bonds is 19. The second-order valence-electron chi connectivity index (χ2n) is 9.47. The van der Waals surface area contributed by atoms with Gasteiger partial charge in [-0.25, -0.2) is 4.39 Å². The van der Waals surface area contributed by atoms with E-state index < -0.39 is 0 Å². The molecule has 0 fully saturated rings. The highest BCUT2D eigenvalue weighted by atomic mass is 19.1. The van der Waals surface area contributed by atoms with E-state index in [0.717, 1.165) is 30.7 Å². The maximum absolute atomic E-state index is 14.6. The van der Waals surface area contributed by atoms with Gasteiger partial charge in [0, 0.05) is 18.4 Å². The molecule has 2 rings (SSSR count). The predicted octanol–water partition coefficient (Wildman–Crippen LogP) is 8.94. The Morgan fingerprint density at radius 2 is 1.50 bits per heavy atom. The molecule has 0 unspecified atom stereocenters. The molecule has 0 saturated heterocycles. The number of hydrogen-bond donors (Lipinski definition) is 0. The smallest absolute Gasteiger partial charge is 0.165 e. The first-order valence-corrected chi connectivity index (χ1v) is 13.6. The standard InChI is InChI=1S/C30H46FNO2/c1-4-6-8-10-11-12-13-14-16-26-17-19-29(32-23-26)27-18-20-30(28(31)22-27)34-24-25(3)33-21-15-9-7-5-2/h17-20,22-23,25H,4-16,21,24H2,1-3H3/t25-/m1/s1. The molecule has 0 aliphatic rings. The molecule has 1 heterocycles. The Labute approximate surface area is 207 Å². The van der Waals surface area contributed by atoms with Crippen molar-refractivity contribution in [3.8, 4) is 17.0 Å². The van der Waals surface area contributed by atoms with E-state index >= 15 is 0 Å². The number of pyridine rings is 1. The van der Waals surface area contributed by atoms with Crippen molar-refractivity contribution in [1.82, 2.24) is 4.98 Å². The molecular weight excluding hydrogens is 425 g/mol. The number of aryl methyl sites for hydroxylation is 1. The molecule has 1 aromatic heterocycles. The molecule has 34 heavy (non-hydrogen) atoms. The molecule has 0 radical (unpaired) electrons. The summed E-state index contributed by atoms with van der Waals surface area (Å²) in [6.45, 7) is 7.49. The topological polar surface area (TPSA) is 31.4 Å². The summed E-state index contributed by atoms with van der Waals surface area (Å²) in [7, 11) is 0. The molecule has 0 amide bonds. The first-order chi connectivity index (χ1) is 16.6. The van der Waals surface area contributed by atoms with Gasteiger partial charge in [-0.3, -0.25) is 4.98 Å². The maximum atomic E-state index is 14.6. The molecular formula is C30H46FNO2. The highest BCUT2D eigenvalue weighted by molar-refractivity contribution is 5.60. The minimum Gasteiger partial charge on any atom is -0.488 e. The van der Waals surface area contributed by atoms with Crippen LogP contribution in [0, 0.1) is 5.82 Å². The summed E-state index contributed by atoms with van der Waals surface area (Å²) in [4.78, 5) is 4.57. The van der Waals surface area contributed by atoms with Crippen molar-refractivity contribution in [2.24, 2.45) is 0 Å². The second kappa shape index (κ2) is 17.5. The summed E-state index contributed by atoms with van der Waals surface area (Å²) in [5.41, 5.74) is 2.80. The zero-order chi connectivity index (χ0) is 24.4. The highest BCUT2D eigenvalue weighted by Gasteiger charge is 2.10. The number of aromatic nitrogens is 1. The molecule has 0 aliphatic carbocycles. The van der Waals surface area contributed by atoms with Gasteiger partial charge in [-0.05, 0) is 56.0 Å². The van der Waals surface area contributed by atoms with E-state index in [1.54, 1.807) is 6.07 Å². The Hall–Kier alpha value is -1.94. The minimum absolute atomic E-state index is 0.0593. The largest absolute Gasteiger partial charge is 0.488 e. The lowest BCUT2D eigenvalue weighted by atomic mass is 10.0. The third-order valence-corrected chi connectivity index (χ3v) is 6.25. The van der Waals surface area contributed by atoms with Crippen molar-refractivity contribution >= 4 is 0 Å². The van der Waals surface area contributed by atoms with Crippen LogP contribution in [0.2, 0.25) is 0 Å². The number of unbranched alkanes of at least 4 members (excludes halogenated alkanes) is 10. The maximum Gasteiger partial charge on any atom is 0.165 e. The molecule has 0 aliphatic heterocycles. The fraction of sp³-hybridized carbons (Fsp3) is 0.633. The van der Waals surface area contributed by atoms with Gasteiger partial charge in [0.1, 0.15) is 6.61 Å². The quantitative estimate of drug-likeness (QED) is 0.192. The fourth-order valence-corrected chi connectivity index (χ4v) is 4.05. The van der Waals surface area contributed by atoms with Crippen LogP contribution in [-0.4, -0.2) is 24.3 Å². The average molecular weight is 472 g/mol. The third-order valence-electron chi connectivity index (χ3n) is 6.25. The van der Waals surface area contributed by atoms with Gasteiger partial charge < -0.3 is 9.47 Å². The van der Waals surface area contributed by atoms with Gasteiger partial charge in [0.05, 0.1) is 11.8 Å². The first-order valence-electron chi connectivity index (χ1n) is 13.6. The summed E-state index contributed by atoms with van der Waals surface area (Å²) in [5, 5.41) is 0. The summed E-state index contributed by atoms with van der Waals surface area (Å²) >= 11 is 0. The molecule has 190 valence electrons. The van der Waals surface area contributed by atoms with Crippen LogP contribution in [0.3, 0.4) is 0 Å². The van der Waals surface area contributed by atoms with Gasteiger partial charge in [0.15, 0.2) is 11.6 Å². The lowest BCUT2D eigenvalue weighted by Gasteiger charge is -2.15. The fourth-order valence-electron chi connectivity index (χ4n) is 4.05. The minimum atomic E-state index is -0.363. The SMILES string of the molecule is CCCCCCCCCCc1ccc(-c2ccc(OC[C@@H](C)OCCCCCC)c(F)c2)nc1. The lowest BCUT2D eigenvalue weighted by Crippen LogP contribution is -2.19. The van der Waals surface area contributed by atoms with Crippen LogP contribution in [0.25, 0.3) is 11.3 Å². The van der Waals surface area contributed by atoms with Crippen LogP contribution >= 0.6 is 0 Å². The number of halogens is 1. The van der Waals surface area contributed by atoms with Crippen LogP contribution in [0.15, 0.2) is 36.5 Å². The highest BCUT2D eigenvalue weighted by Crippen LogP contribution is 2.25. The average Bonchev–Trinajstić information content (AvgIpc) is 2.85. The number of nitrogens with zero attached hydrogens (tertiary/aromatic N) is 1. The van der Waals surface area contributed by atoms with E-state index in [4.69, 9.17) is 9.47 Å². The summed E-state index contributed by atoms with van der Waals surface area (Å²) in [6, 6.07) is 9.17. The first kappa shape index (κ1) is 28.3. The zero-order valence-corrected chi connectivity index (χ0v) is 21.8. The van der Waals surface area contributed by atoms with Crippen molar-refractivity contribution in [2.45, 2.75) is 110 Å². The van der Waals surface area contributed by atoms with Crippen molar-refractivity contribution in [3.05, 3.63) is 47.9 Å². The molecule has 0 saturated carbocycles. The summed E-state index contributed by atoms with van der Waals surface area (Å²) in [5.74, 6) is -0.103. The summed E-state index contributed by atoms with van der Waals surface area (Å²) < 4.78 is 26.0. The van der Waals surface area contributed by atoms with Crippen LogP contribution in [0.5, 0.6) is 5.75 Å². The molecule has 1 atom stereocenters.